The van der Waals surface area contributed by atoms with E-state index in [1.807, 2.05) is 12.2 Å². The van der Waals surface area contributed by atoms with Crippen molar-refractivity contribution in [1.82, 2.24) is 5.32 Å². The molecule has 3 nitrogen and oxygen atoms in total. The standard InChI is InChI=1S/C14H24N2O/c1-10(11-5-3-2-4-6-11)16-14(17)12-7-8-13(15)9-12/h7-8,10-13H,2-6,9,15H2,1H3,(H,16,17). The van der Waals surface area contributed by atoms with Gasteiger partial charge in [-0.15, -0.1) is 0 Å². The van der Waals surface area contributed by atoms with E-state index in [-0.39, 0.29) is 17.9 Å². The molecule has 0 saturated heterocycles. The lowest BCUT2D eigenvalue weighted by atomic mass is 9.84. The average molecular weight is 236 g/mol. The van der Waals surface area contributed by atoms with Crippen molar-refractivity contribution in [3.63, 3.8) is 0 Å². The molecule has 3 heteroatoms. The summed E-state index contributed by atoms with van der Waals surface area (Å²) in [7, 11) is 0. The normalized spacial score (nSPS) is 31.4. The van der Waals surface area contributed by atoms with Gasteiger partial charge < -0.3 is 11.1 Å². The van der Waals surface area contributed by atoms with Crippen LogP contribution in [-0.4, -0.2) is 18.0 Å². The quantitative estimate of drug-likeness (QED) is 0.736. The van der Waals surface area contributed by atoms with E-state index in [1.54, 1.807) is 0 Å². The average Bonchev–Trinajstić information content (AvgIpc) is 2.77. The minimum Gasteiger partial charge on any atom is -0.353 e. The lowest BCUT2D eigenvalue weighted by Gasteiger charge is -2.29. The van der Waals surface area contributed by atoms with E-state index in [9.17, 15) is 4.79 Å². The Balaban J connectivity index is 1.79. The second kappa shape index (κ2) is 5.67. The van der Waals surface area contributed by atoms with Crippen LogP contribution in [0, 0.1) is 11.8 Å². The number of rotatable bonds is 3. The number of carbonyl (C=O) groups is 1. The molecular weight excluding hydrogens is 212 g/mol. The highest BCUT2D eigenvalue weighted by molar-refractivity contribution is 5.81. The minimum absolute atomic E-state index is 0.00367. The number of nitrogens with one attached hydrogen (secondary N) is 1. The van der Waals surface area contributed by atoms with Crippen LogP contribution in [0.4, 0.5) is 0 Å². The van der Waals surface area contributed by atoms with Gasteiger partial charge in [0.05, 0.1) is 5.92 Å². The van der Waals surface area contributed by atoms with Crippen molar-refractivity contribution >= 4 is 5.91 Å². The Kier molecular flexibility index (Phi) is 4.21. The summed E-state index contributed by atoms with van der Waals surface area (Å²) in [5.74, 6) is 0.829. The second-order valence-corrected chi connectivity index (χ2v) is 5.59. The van der Waals surface area contributed by atoms with Gasteiger partial charge in [-0.05, 0) is 32.1 Å². The fourth-order valence-corrected chi connectivity index (χ4v) is 3.01. The maximum Gasteiger partial charge on any atom is 0.227 e. The van der Waals surface area contributed by atoms with Crippen LogP contribution >= 0.6 is 0 Å². The van der Waals surface area contributed by atoms with Crippen molar-refractivity contribution in [2.24, 2.45) is 17.6 Å². The van der Waals surface area contributed by atoms with Gasteiger partial charge in [0.1, 0.15) is 0 Å². The highest BCUT2D eigenvalue weighted by Crippen LogP contribution is 2.26. The molecule has 2 aliphatic carbocycles. The monoisotopic (exact) mass is 236 g/mol. The molecule has 96 valence electrons. The maximum atomic E-state index is 12.0. The van der Waals surface area contributed by atoms with E-state index >= 15 is 0 Å². The Labute approximate surface area is 104 Å². The maximum absolute atomic E-state index is 12.0. The number of hydrogen-bond donors (Lipinski definition) is 2. The van der Waals surface area contributed by atoms with Crippen LogP contribution in [0.3, 0.4) is 0 Å². The van der Waals surface area contributed by atoms with Gasteiger partial charge in [0, 0.05) is 12.1 Å². The first-order chi connectivity index (χ1) is 8.16. The molecule has 3 unspecified atom stereocenters. The summed E-state index contributed by atoms with van der Waals surface area (Å²) in [5.41, 5.74) is 5.77. The van der Waals surface area contributed by atoms with Gasteiger partial charge in [-0.3, -0.25) is 4.79 Å². The lowest BCUT2D eigenvalue weighted by molar-refractivity contribution is -0.124. The number of amides is 1. The van der Waals surface area contributed by atoms with Crippen molar-refractivity contribution in [3.05, 3.63) is 12.2 Å². The molecule has 1 fully saturated rings. The molecule has 0 aliphatic heterocycles. The first kappa shape index (κ1) is 12.6. The van der Waals surface area contributed by atoms with Gasteiger partial charge >= 0.3 is 0 Å². The molecule has 0 aromatic rings. The van der Waals surface area contributed by atoms with Crippen molar-refractivity contribution in [2.45, 2.75) is 57.5 Å². The number of nitrogens with two attached hydrogens (primary N) is 1. The molecule has 1 amide bonds. The molecule has 0 aromatic heterocycles. The summed E-state index contributed by atoms with van der Waals surface area (Å²) in [6.07, 6.45) is 11.2. The summed E-state index contributed by atoms with van der Waals surface area (Å²) in [6, 6.07) is 0.378. The van der Waals surface area contributed by atoms with Crippen molar-refractivity contribution in [1.29, 1.82) is 0 Å². The fourth-order valence-electron chi connectivity index (χ4n) is 3.01. The molecule has 3 atom stereocenters. The molecule has 0 radical (unpaired) electrons. The van der Waals surface area contributed by atoms with Crippen LogP contribution in [0.25, 0.3) is 0 Å². The molecule has 0 bridgehead atoms. The van der Waals surface area contributed by atoms with E-state index in [4.69, 9.17) is 5.73 Å². The van der Waals surface area contributed by atoms with Crippen LogP contribution < -0.4 is 11.1 Å². The van der Waals surface area contributed by atoms with Crippen LogP contribution in [0.2, 0.25) is 0 Å². The third-order valence-corrected chi connectivity index (χ3v) is 4.18. The van der Waals surface area contributed by atoms with E-state index < -0.39 is 0 Å². The fraction of sp³-hybridized carbons (Fsp3) is 0.786. The zero-order chi connectivity index (χ0) is 12.3. The Hall–Kier alpha value is -0.830. The third kappa shape index (κ3) is 3.32. The predicted octanol–water partition coefficient (Wildman–Crippen LogP) is 1.97. The zero-order valence-electron chi connectivity index (χ0n) is 10.7. The van der Waals surface area contributed by atoms with Crippen molar-refractivity contribution in [2.75, 3.05) is 0 Å². The van der Waals surface area contributed by atoms with Crippen LogP contribution in [0.15, 0.2) is 12.2 Å². The second-order valence-electron chi connectivity index (χ2n) is 5.59. The van der Waals surface area contributed by atoms with Gasteiger partial charge in [-0.2, -0.15) is 0 Å². The van der Waals surface area contributed by atoms with Crippen LogP contribution in [-0.2, 0) is 4.79 Å². The Morgan fingerprint density at radius 2 is 2.00 bits per heavy atom. The van der Waals surface area contributed by atoms with Gasteiger partial charge in [0.25, 0.3) is 0 Å². The largest absolute Gasteiger partial charge is 0.353 e. The smallest absolute Gasteiger partial charge is 0.227 e. The molecule has 2 rings (SSSR count). The molecular formula is C14H24N2O. The lowest BCUT2D eigenvalue weighted by Crippen LogP contribution is -2.41. The highest BCUT2D eigenvalue weighted by atomic mass is 16.1. The summed E-state index contributed by atoms with van der Waals surface area (Å²) in [5, 5.41) is 3.17. The molecule has 0 aromatic carbocycles. The highest BCUT2D eigenvalue weighted by Gasteiger charge is 2.26. The molecule has 17 heavy (non-hydrogen) atoms. The number of carbonyl (C=O) groups excluding carboxylic acids is 1. The first-order valence-electron chi connectivity index (χ1n) is 6.91. The summed E-state index contributed by atoms with van der Waals surface area (Å²) < 4.78 is 0. The van der Waals surface area contributed by atoms with Crippen molar-refractivity contribution < 1.29 is 4.79 Å². The topological polar surface area (TPSA) is 55.1 Å². The summed E-state index contributed by atoms with van der Waals surface area (Å²) in [6.45, 7) is 2.15. The third-order valence-electron chi connectivity index (χ3n) is 4.18. The molecule has 1 saturated carbocycles. The zero-order valence-corrected chi connectivity index (χ0v) is 10.7. The van der Waals surface area contributed by atoms with E-state index in [0.29, 0.717) is 12.0 Å². The van der Waals surface area contributed by atoms with Gasteiger partial charge in [0.2, 0.25) is 5.91 Å². The minimum atomic E-state index is -0.00367. The van der Waals surface area contributed by atoms with Gasteiger partial charge in [-0.25, -0.2) is 0 Å². The Morgan fingerprint density at radius 3 is 2.59 bits per heavy atom. The first-order valence-corrected chi connectivity index (χ1v) is 6.91. The molecule has 0 heterocycles. The van der Waals surface area contributed by atoms with Gasteiger partial charge in [0.15, 0.2) is 0 Å². The molecule has 2 aliphatic rings. The number of hydrogen-bond acceptors (Lipinski definition) is 2. The van der Waals surface area contributed by atoms with E-state index in [1.165, 1.54) is 32.1 Å². The summed E-state index contributed by atoms with van der Waals surface area (Å²) in [4.78, 5) is 12.0. The van der Waals surface area contributed by atoms with E-state index in [0.717, 1.165) is 6.42 Å². The Bertz CT molecular complexity index is 295. The summed E-state index contributed by atoms with van der Waals surface area (Å²) >= 11 is 0. The van der Waals surface area contributed by atoms with E-state index in [2.05, 4.69) is 12.2 Å². The Morgan fingerprint density at radius 1 is 1.29 bits per heavy atom. The van der Waals surface area contributed by atoms with Crippen LogP contribution in [0.5, 0.6) is 0 Å². The molecule has 0 spiro atoms. The SMILES string of the molecule is CC(NC(=O)C1C=CC(N)C1)C1CCCCC1. The van der Waals surface area contributed by atoms with Gasteiger partial charge in [-0.1, -0.05) is 31.4 Å². The van der Waals surface area contributed by atoms with Crippen molar-refractivity contribution in [3.8, 4) is 0 Å². The van der Waals surface area contributed by atoms with Crippen LogP contribution in [0.1, 0.15) is 45.4 Å². The predicted molar refractivity (Wildman–Crippen MR) is 69.4 cm³/mol. The molecule has 3 N–H and O–H groups in total.